The van der Waals surface area contributed by atoms with Crippen LogP contribution < -0.4 is 5.32 Å². The normalized spacial score (nSPS) is 15.4. The van der Waals surface area contributed by atoms with Crippen LogP contribution in [0.1, 0.15) is 40.5 Å². The van der Waals surface area contributed by atoms with E-state index in [1.165, 1.54) is 16.7 Å². The first kappa shape index (κ1) is 17.3. The van der Waals surface area contributed by atoms with Gasteiger partial charge in [-0.3, -0.25) is 5.32 Å². The average Bonchev–Trinajstić information content (AvgIpc) is 3.27. The molecule has 0 saturated heterocycles. The van der Waals surface area contributed by atoms with Gasteiger partial charge in [-0.2, -0.15) is 0 Å². The Bertz CT molecular complexity index is 946. The number of aromatic nitrogens is 1. The Morgan fingerprint density at radius 1 is 1.19 bits per heavy atom. The summed E-state index contributed by atoms with van der Waals surface area (Å²) in [6.07, 6.45) is 1.91. The van der Waals surface area contributed by atoms with Crippen LogP contribution in [0.5, 0.6) is 0 Å². The van der Waals surface area contributed by atoms with Crippen molar-refractivity contribution in [1.82, 2.24) is 10.1 Å². The summed E-state index contributed by atoms with van der Waals surface area (Å²) in [5.41, 5.74) is 4.87. The second-order valence-electron chi connectivity index (χ2n) is 7.12. The fraction of sp³-hybridized carbons (Fsp3) is 0.273. The van der Waals surface area contributed by atoms with Crippen molar-refractivity contribution in [2.75, 3.05) is 5.32 Å². The quantitative estimate of drug-likeness (QED) is 0.710. The molecular formula is C22H23N3O2. The van der Waals surface area contributed by atoms with Gasteiger partial charge in [0.05, 0.1) is 6.04 Å². The van der Waals surface area contributed by atoms with Gasteiger partial charge in [-0.25, -0.2) is 4.79 Å². The third kappa shape index (κ3) is 3.72. The molecule has 27 heavy (non-hydrogen) atoms. The average molecular weight is 361 g/mol. The third-order valence-electron chi connectivity index (χ3n) is 5.07. The molecular weight excluding hydrogens is 338 g/mol. The fourth-order valence-electron chi connectivity index (χ4n) is 3.68. The fourth-order valence-corrected chi connectivity index (χ4v) is 3.68. The molecule has 0 spiro atoms. The number of hydrogen-bond acceptors (Lipinski definition) is 3. The first-order valence-corrected chi connectivity index (χ1v) is 9.24. The van der Waals surface area contributed by atoms with E-state index in [-0.39, 0.29) is 12.1 Å². The molecule has 5 heteroatoms. The van der Waals surface area contributed by atoms with Gasteiger partial charge in [0, 0.05) is 12.6 Å². The number of fused-ring (bicyclic) bond motifs is 1. The number of amides is 2. The lowest BCUT2D eigenvalue weighted by molar-refractivity contribution is 0.183. The summed E-state index contributed by atoms with van der Waals surface area (Å²) in [6, 6.07) is 18.3. The molecule has 1 aliphatic carbocycles. The second-order valence-corrected chi connectivity index (χ2v) is 7.12. The zero-order valence-electron chi connectivity index (χ0n) is 15.6. The predicted molar refractivity (Wildman–Crippen MR) is 104 cm³/mol. The van der Waals surface area contributed by atoms with Crippen LogP contribution in [0.2, 0.25) is 0 Å². The Morgan fingerprint density at radius 3 is 2.70 bits per heavy atom. The zero-order valence-corrected chi connectivity index (χ0v) is 15.6. The number of carbonyl (C=O) groups is 1. The molecule has 1 aliphatic rings. The maximum Gasteiger partial charge on any atom is 0.323 e. The number of aryl methyl sites for hydroxylation is 3. The minimum Gasteiger partial charge on any atom is -0.360 e. The van der Waals surface area contributed by atoms with Crippen LogP contribution >= 0.6 is 0 Å². The highest BCUT2D eigenvalue weighted by atomic mass is 16.5. The number of nitrogens with one attached hydrogen (secondary N) is 1. The molecule has 138 valence electrons. The molecule has 0 unspecified atom stereocenters. The summed E-state index contributed by atoms with van der Waals surface area (Å²) in [6.45, 7) is 4.41. The van der Waals surface area contributed by atoms with Crippen molar-refractivity contribution in [3.63, 3.8) is 0 Å². The lowest BCUT2D eigenvalue weighted by Crippen LogP contribution is -2.37. The smallest absolute Gasteiger partial charge is 0.323 e. The summed E-state index contributed by atoms with van der Waals surface area (Å²) < 4.78 is 5.08. The number of carbonyl (C=O) groups excluding carboxylic acids is 1. The third-order valence-corrected chi connectivity index (χ3v) is 5.07. The molecule has 2 aromatic carbocycles. The van der Waals surface area contributed by atoms with E-state index in [0.717, 1.165) is 18.4 Å². The Labute approximate surface area is 159 Å². The van der Waals surface area contributed by atoms with Gasteiger partial charge < -0.3 is 9.42 Å². The summed E-state index contributed by atoms with van der Waals surface area (Å²) in [5.74, 6) is 1.11. The van der Waals surface area contributed by atoms with Crippen LogP contribution in [-0.2, 0) is 13.0 Å². The van der Waals surface area contributed by atoms with Gasteiger partial charge >= 0.3 is 6.03 Å². The summed E-state index contributed by atoms with van der Waals surface area (Å²) >= 11 is 0. The van der Waals surface area contributed by atoms with E-state index in [0.29, 0.717) is 18.1 Å². The Kier molecular flexibility index (Phi) is 4.67. The van der Waals surface area contributed by atoms with Gasteiger partial charge in [-0.1, -0.05) is 59.3 Å². The zero-order chi connectivity index (χ0) is 18.8. The van der Waals surface area contributed by atoms with Gasteiger partial charge in [0.1, 0.15) is 5.76 Å². The first-order valence-electron chi connectivity index (χ1n) is 9.24. The van der Waals surface area contributed by atoms with Gasteiger partial charge in [-0.05, 0) is 43.4 Å². The molecule has 0 aliphatic heterocycles. The highest BCUT2D eigenvalue weighted by Gasteiger charge is 2.31. The number of anilines is 1. The lowest BCUT2D eigenvalue weighted by Gasteiger charge is -2.30. The van der Waals surface area contributed by atoms with Gasteiger partial charge in [0.25, 0.3) is 0 Å². The maximum atomic E-state index is 13.1. The number of benzene rings is 2. The second kappa shape index (κ2) is 7.27. The Morgan fingerprint density at radius 2 is 1.96 bits per heavy atom. The molecule has 0 bridgehead atoms. The van der Waals surface area contributed by atoms with E-state index >= 15 is 0 Å². The van der Waals surface area contributed by atoms with Crippen LogP contribution in [0.4, 0.5) is 10.6 Å². The molecule has 0 radical (unpaired) electrons. The first-order chi connectivity index (χ1) is 13.1. The topological polar surface area (TPSA) is 58.4 Å². The highest BCUT2D eigenvalue weighted by Crippen LogP contribution is 2.36. The van der Waals surface area contributed by atoms with Crippen molar-refractivity contribution >= 4 is 11.8 Å². The predicted octanol–water partition coefficient (Wildman–Crippen LogP) is 5.01. The molecule has 2 amide bonds. The monoisotopic (exact) mass is 361 g/mol. The Hall–Kier alpha value is -3.08. The van der Waals surface area contributed by atoms with E-state index in [2.05, 4.69) is 59.9 Å². The molecule has 5 nitrogen and oxygen atoms in total. The van der Waals surface area contributed by atoms with Crippen LogP contribution in [0, 0.1) is 13.8 Å². The maximum absolute atomic E-state index is 13.1. The molecule has 1 N–H and O–H groups in total. The lowest BCUT2D eigenvalue weighted by atomic mass is 10.1. The van der Waals surface area contributed by atoms with Gasteiger partial charge in [0.2, 0.25) is 0 Å². The molecule has 1 aromatic heterocycles. The van der Waals surface area contributed by atoms with Crippen molar-refractivity contribution < 1.29 is 9.32 Å². The van der Waals surface area contributed by atoms with Gasteiger partial charge in [-0.15, -0.1) is 0 Å². The van der Waals surface area contributed by atoms with Crippen molar-refractivity contribution in [3.8, 4) is 0 Å². The van der Waals surface area contributed by atoms with E-state index in [4.69, 9.17) is 4.52 Å². The van der Waals surface area contributed by atoms with E-state index in [9.17, 15) is 4.79 Å². The van der Waals surface area contributed by atoms with Crippen molar-refractivity contribution in [2.45, 2.75) is 39.3 Å². The molecule has 1 atom stereocenters. The molecule has 4 rings (SSSR count). The Balaban J connectivity index is 1.62. The molecule has 0 saturated carbocycles. The van der Waals surface area contributed by atoms with Crippen LogP contribution in [0.25, 0.3) is 0 Å². The summed E-state index contributed by atoms with van der Waals surface area (Å²) in [4.78, 5) is 15.0. The minimum atomic E-state index is -0.162. The summed E-state index contributed by atoms with van der Waals surface area (Å²) in [5, 5.41) is 6.78. The molecule has 1 heterocycles. The van der Waals surface area contributed by atoms with E-state index in [1.54, 1.807) is 13.0 Å². The van der Waals surface area contributed by atoms with E-state index in [1.807, 2.05) is 11.0 Å². The summed E-state index contributed by atoms with van der Waals surface area (Å²) in [7, 11) is 0. The standard InChI is InChI=1S/C22H23N3O2/c1-15-7-9-17(10-8-15)14-25(22(26)23-21-13-16(2)27-24-21)20-12-11-18-5-3-4-6-19(18)20/h3-10,13,20H,11-12,14H2,1-2H3,(H,23,24,26)/t20-/m1/s1. The molecule has 0 fully saturated rings. The van der Waals surface area contributed by atoms with Crippen LogP contribution in [0.3, 0.4) is 0 Å². The van der Waals surface area contributed by atoms with Crippen molar-refractivity contribution in [1.29, 1.82) is 0 Å². The number of urea groups is 1. The van der Waals surface area contributed by atoms with Crippen LogP contribution in [-0.4, -0.2) is 16.1 Å². The molecule has 3 aromatic rings. The number of hydrogen-bond donors (Lipinski definition) is 1. The van der Waals surface area contributed by atoms with Gasteiger partial charge in [0.15, 0.2) is 5.82 Å². The van der Waals surface area contributed by atoms with Crippen LogP contribution in [0.15, 0.2) is 59.1 Å². The number of nitrogens with zero attached hydrogens (tertiary/aromatic N) is 2. The highest BCUT2D eigenvalue weighted by molar-refractivity contribution is 5.88. The number of rotatable bonds is 4. The minimum absolute atomic E-state index is 0.0514. The van der Waals surface area contributed by atoms with Crippen molar-refractivity contribution in [3.05, 3.63) is 82.6 Å². The van der Waals surface area contributed by atoms with E-state index < -0.39 is 0 Å². The largest absolute Gasteiger partial charge is 0.360 e. The van der Waals surface area contributed by atoms with Crippen molar-refractivity contribution in [2.24, 2.45) is 0 Å². The SMILES string of the molecule is Cc1ccc(CN(C(=O)Nc2cc(C)on2)[C@@H]2CCc3ccccc32)cc1.